The first-order valence-corrected chi connectivity index (χ1v) is 7.00. The lowest BCUT2D eigenvalue weighted by molar-refractivity contribution is 0.831. The van der Waals surface area contributed by atoms with Crippen molar-refractivity contribution >= 4 is 26.8 Å². The van der Waals surface area contributed by atoms with Crippen LogP contribution in [0.25, 0.3) is 10.9 Å². The zero-order valence-corrected chi connectivity index (χ0v) is 11.8. The van der Waals surface area contributed by atoms with Crippen LogP contribution in [0, 0.1) is 0 Å². The lowest BCUT2D eigenvalue weighted by atomic mass is 10.1. The Kier molecular flexibility index (Phi) is 3.51. The number of hydrogen-bond acceptors (Lipinski definition) is 3. The Hall–Kier alpha value is -1.81. The van der Waals surface area contributed by atoms with Crippen molar-refractivity contribution in [2.45, 2.75) is 11.2 Å². The highest BCUT2D eigenvalue weighted by Gasteiger charge is 2.11. The van der Waals surface area contributed by atoms with Gasteiger partial charge in [-0.2, -0.15) is 0 Å². The molecule has 0 aliphatic rings. The average Bonchev–Trinajstić information content (AvgIpc) is 2.48. The highest BCUT2D eigenvalue weighted by molar-refractivity contribution is 9.09. The Balaban J connectivity index is 1.85. The van der Waals surface area contributed by atoms with E-state index in [0.29, 0.717) is 0 Å². The summed E-state index contributed by atoms with van der Waals surface area (Å²) in [5, 5.41) is 1.16. The number of halogens is 1. The minimum atomic E-state index is 0.0855. The third-order valence-corrected chi connectivity index (χ3v) is 3.64. The van der Waals surface area contributed by atoms with Crippen molar-refractivity contribution in [3.05, 3.63) is 66.4 Å². The molecule has 0 saturated carbocycles. The van der Waals surface area contributed by atoms with E-state index in [9.17, 15) is 0 Å². The molecule has 0 aliphatic carbocycles. The van der Waals surface area contributed by atoms with Gasteiger partial charge in [0, 0.05) is 29.9 Å². The van der Waals surface area contributed by atoms with Crippen molar-refractivity contribution in [1.82, 2.24) is 15.0 Å². The summed E-state index contributed by atoms with van der Waals surface area (Å²) >= 11 is 3.62. The summed E-state index contributed by atoms with van der Waals surface area (Å²) < 4.78 is 0. The van der Waals surface area contributed by atoms with Gasteiger partial charge in [0.25, 0.3) is 0 Å². The molecule has 19 heavy (non-hydrogen) atoms. The Morgan fingerprint density at radius 3 is 2.58 bits per heavy atom. The number of hydrogen-bond donors (Lipinski definition) is 0. The summed E-state index contributed by atoms with van der Waals surface area (Å²) in [6.07, 6.45) is 4.28. The minimum absolute atomic E-state index is 0.0855. The van der Waals surface area contributed by atoms with Gasteiger partial charge in [0.2, 0.25) is 0 Å². The number of alkyl halides is 1. The molecule has 0 saturated heterocycles. The van der Waals surface area contributed by atoms with E-state index in [1.165, 1.54) is 0 Å². The number of aromatic nitrogens is 3. The van der Waals surface area contributed by atoms with Gasteiger partial charge < -0.3 is 0 Å². The molecule has 3 aromatic rings. The molecular weight excluding hydrogens is 302 g/mol. The summed E-state index contributed by atoms with van der Waals surface area (Å²) in [4.78, 5) is 13.2. The van der Waals surface area contributed by atoms with E-state index < -0.39 is 0 Å². The maximum Gasteiger partial charge on any atom is 0.142 e. The molecule has 94 valence electrons. The van der Waals surface area contributed by atoms with E-state index in [2.05, 4.69) is 49.1 Å². The quantitative estimate of drug-likeness (QED) is 0.692. The molecule has 0 aliphatic heterocycles. The number of benzene rings is 1. The highest BCUT2D eigenvalue weighted by atomic mass is 79.9. The SMILES string of the molecule is BrC(Cc1ccc2ccccc2n1)c1ncccn1. The maximum absolute atomic E-state index is 4.66. The van der Waals surface area contributed by atoms with Gasteiger partial charge in [-0.25, -0.2) is 9.97 Å². The topological polar surface area (TPSA) is 38.7 Å². The van der Waals surface area contributed by atoms with Crippen molar-refractivity contribution in [2.75, 3.05) is 0 Å². The highest BCUT2D eigenvalue weighted by Crippen LogP contribution is 2.24. The summed E-state index contributed by atoms with van der Waals surface area (Å²) in [6, 6.07) is 14.1. The molecule has 0 amide bonds. The van der Waals surface area contributed by atoms with Crippen LogP contribution in [0.5, 0.6) is 0 Å². The smallest absolute Gasteiger partial charge is 0.142 e. The van der Waals surface area contributed by atoms with Gasteiger partial charge in [0.1, 0.15) is 5.82 Å². The third-order valence-electron chi connectivity index (χ3n) is 2.91. The molecule has 1 atom stereocenters. The number of fused-ring (bicyclic) bond motifs is 1. The van der Waals surface area contributed by atoms with Crippen LogP contribution in [0.4, 0.5) is 0 Å². The molecule has 3 nitrogen and oxygen atoms in total. The molecule has 0 spiro atoms. The molecule has 2 aromatic heterocycles. The predicted molar refractivity (Wildman–Crippen MR) is 79.1 cm³/mol. The number of nitrogens with zero attached hydrogens (tertiary/aromatic N) is 3. The van der Waals surface area contributed by atoms with Crippen LogP contribution in [0.15, 0.2) is 54.9 Å². The first-order chi connectivity index (χ1) is 9.33. The Morgan fingerprint density at radius 2 is 1.74 bits per heavy atom. The molecule has 0 bridgehead atoms. The second-order valence-electron chi connectivity index (χ2n) is 4.27. The summed E-state index contributed by atoms with van der Waals surface area (Å²) in [6.45, 7) is 0. The summed E-state index contributed by atoms with van der Waals surface area (Å²) in [7, 11) is 0. The van der Waals surface area contributed by atoms with Crippen LogP contribution >= 0.6 is 15.9 Å². The second kappa shape index (κ2) is 5.45. The van der Waals surface area contributed by atoms with E-state index in [-0.39, 0.29) is 4.83 Å². The van der Waals surface area contributed by atoms with Gasteiger partial charge in [0.05, 0.1) is 10.3 Å². The van der Waals surface area contributed by atoms with Gasteiger partial charge in [-0.15, -0.1) is 0 Å². The zero-order chi connectivity index (χ0) is 13.1. The van der Waals surface area contributed by atoms with E-state index in [4.69, 9.17) is 0 Å². The average molecular weight is 314 g/mol. The van der Waals surface area contributed by atoms with Crippen LogP contribution in [-0.4, -0.2) is 15.0 Å². The first-order valence-electron chi connectivity index (χ1n) is 6.08. The molecule has 1 unspecified atom stereocenters. The van der Waals surface area contributed by atoms with Gasteiger partial charge in [-0.1, -0.05) is 40.2 Å². The van der Waals surface area contributed by atoms with Crippen LogP contribution in [0.1, 0.15) is 16.3 Å². The van der Waals surface area contributed by atoms with Crippen molar-refractivity contribution in [2.24, 2.45) is 0 Å². The largest absolute Gasteiger partial charge is 0.253 e. The van der Waals surface area contributed by atoms with Crippen LogP contribution in [0.3, 0.4) is 0 Å². The standard InChI is InChI=1S/C15H12BrN3/c16-13(15-17-8-3-9-18-15)10-12-7-6-11-4-1-2-5-14(11)19-12/h1-9,13H,10H2. The minimum Gasteiger partial charge on any atom is -0.253 e. The van der Waals surface area contributed by atoms with Crippen LogP contribution in [-0.2, 0) is 6.42 Å². The fourth-order valence-electron chi connectivity index (χ4n) is 1.97. The molecule has 0 fully saturated rings. The molecule has 0 N–H and O–H groups in total. The van der Waals surface area contributed by atoms with Crippen LogP contribution < -0.4 is 0 Å². The van der Waals surface area contributed by atoms with Crippen molar-refractivity contribution in [3.8, 4) is 0 Å². The first kappa shape index (κ1) is 12.2. The summed E-state index contributed by atoms with van der Waals surface area (Å²) in [5.41, 5.74) is 2.06. The van der Waals surface area contributed by atoms with Crippen LogP contribution in [0.2, 0.25) is 0 Å². The van der Waals surface area contributed by atoms with Gasteiger partial charge in [-0.05, 0) is 18.2 Å². The predicted octanol–water partition coefficient (Wildman–Crippen LogP) is 3.70. The van der Waals surface area contributed by atoms with Crippen molar-refractivity contribution in [3.63, 3.8) is 0 Å². The van der Waals surface area contributed by atoms with E-state index in [1.807, 2.05) is 24.3 Å². The van der Waals surface area contributed by atoms with Gasteiger partial charge in [-0.3, -0.25) is 4.98 Å². The molecule has 3 rings (SSSR count). The van der Waals surface area contributed by atoms with Gasteiger partial charge in [0.15, 0.2) is 0 Å². The van der Waals surface area contributed by atoms with Gasteiger partial charge >= 0.3 is 0 Å². The normalized spacial score (nSPS) is 12.5. The Bertz CT molecular complexity index is 685. The lowest BCUT2D eigenvalue weighted by Crippen LogP contribution is -2.02. The second-order valence-corrected chi connectivity index (χ2v) is 5.38. The van der Waals surface area contributed by atoms with Crippen molar-refractivity contribution in [1.29, 1.82) is 0 Å². The molecule has 1 aromatic carbocycles. The van der Waals surface area contributed by atoms with E-state index in [0.717, 1.165) is 28.8 Å². The number of pyridine rings is 1. The van der Waals surface area contributed by atoms with Crippen molar-refractivity contribution < 1.29 is 0 Å². The Labute approximate surface area is 119 Å². The number of para-hydroxylation sites is 1. The molecule has 2 heterocycles. The molecule has 4 heteroatoms. The maximum atomic E-state index is 4.66. The molecule has 0 radical (unpaired) electrons. The monoisotopic (exact) mass is 313 g/mol. The molecular formula is C15H12BrN3. The third kappa shape index (κ3) is 2.79. The fourth-order valence-corrected chi connectivity index (χ4v) is 2.54. The lowest BCUT2D eigenvalue weighted by Gasteiger charge is -2.08. The summed E-state index contributed by atoms with van der Waals surface area (Å²) in [5.74, 6) is 0.789. The van der Waals surface area contributed by atoms with E-state index >= 15 is 0 Å². The Morgan fingerprint density at radius 1 is 0.947 bits per heavy atom. The fraction of sp³-hybridized carbons (Fsp3) is 0.133. The zero-order valence-electron chi connectivity index (χ0n) is 10.2. The number of rotatable bonds is 3. The van der Waals surface area contributed by atoms with E-state index in [1.54, 1.807) is 12.4 Å².